The van der Waals surface area contributed by atoms with Gasteiger partial charge in [0.1, 0.15) is 11.9 Å². The van der Waals surface area contributed by atoms with Crippen LogP contribution in [-0.4, -0.2) is 47.0 Å². The Hall–Kier alpha value is -2.41. The standard InChI is InChI=1S/C16H21N5O2/c1-13(21-6-2-4-19-21)16(22)18-12-14-3-5-17-15(11-14)20-7-9-23-10-8-20/h2-6,11,13H,7-10,12H2,1H3,(H,18,22)/t13-/m0/s1. The zero-order valence-corrected chi connectivity index (χ0v) is 13.2. The number of carbonyl (C=O) groups excluding carboxylic acids is 1. The molecule has 1 N–H and O–H groups in total. The first-order chi connectivity index (χ1) is 11.2. The molecule has 0 unspecified atom stereocenters. The van der Waals surface area contributed by atoms with Crippen LogP contribution in [0.4, 0.5) is 5.82 Å². The van der Waals surface area contributed by atoms with Crippen molar-refractivity contribution in [3.8, 4) is 0 Å². The van der Waals surface area contributed by atoms with Crippen molar-refractivity contribution in [1.82, 2.24) is 20.1 Å². The average Bonchev–Trinajstić information content (AvgIpc) is 3.14. The molecule has 3 heterocycles. The van der Waals surface area contributed by atoms with Gasteiger partial charge in [0.15, 0.2) is 0 Å². The number of rotatable bonds is 5. The summed E-state index contributed by atoms with van der Waals surface area (Å²) in [7, 11) is 0. The molecule has 1 atom stereocenters. The van der Waals surface area contributed by atoms with E-state index in [2.05, 4.69) is 20.3 Å². The molecule has 1 amide bonds. The Bertz CT molecular complexity index is 638. The minimum atomic E-state index is -0.328. The second-order valence-corrected chi connectivity index (χ2v) is 5.50. The lowest BCUT2D eigenvalue weighted by molar-refractivity contribution is -0.124. The summed E-state index contributed by atoms with van der Waals surface area (Å²) in [6, 6.07) is 5.42. The van der Waals surface area contributed by atoms with E-state index in [1.165, 1.54) is 0 Å². The van der Waals surface area contributed by atoms with E-state index >= 15 is 0 Å². The molecule has 7 nitrogen and oxygen atoms in total. The summed E-state index contributed by atoms with van der Waals surface area (Å²) in [6.07, 6.45) is 5.23. The quantitative estimate of drug-likeness (QED) is 0.891. The molecular weight excluding hydrogens is 294 g/mol. The summed E-state index contributed by atoms with van der Waals surface area (Å²) in [4.78, 5) is 18.8. The number of nitrogens with zero attached hydrogens (tertiary/aromatic N) is 4. The molecule has 7 heteroatoms. The first kappa shape index (κ1) is 15.5. The third-order valence-corrected chi connectivity index (χ3v) is 3.91. The number of aromatic nitrogens is 3. The van der Waals surface area contributed by atoms with Crippen molar-refractivity contribution < 1.29 is 9.53 Å². The number of morpholine rings is 1. The second kappa shape index (κ2) is 7.23. The molecular formula is C16H21N5O2. The number of amides is 1. The van der Waals surface area contributed by atoms with Crippen LogP contribution < -0.4 is 10.2 Å². The highest BCUT2D eigenvalue weighted by Gasteiger charge is 2.15. The van der Waals surface area contributed by atoms with E-state index in [-0.39, 0.29) is 11.9 Å². The predicted octanol–water partition coefficient (Wildman–Crippen LogP) is 0.992. The van der Waals surface area contributed by atoms with Gasteiger partial charge in [-0.1, -0.05) is 0 Å². The topological polar surface area (TPSA) is 72.3 Å². The maximum absolute atomic E-state index is 12.2. The molecule has 0 saturated carbocycles. The molecule has 2 aromatic heterocycles. The molecule has 0 aromatic carbocycles. The molecule has 122 valence electrons. The van der Waals surface area contributed by atoms with Crippen molar-refractivity contribution in [3.05, 3.63) is 42.4 Å². The SMILES string of the molecule is C[C@@H](C(=O)NCc1ccnc(N2CCOCC2)c1)n1cccn1. The van der Waals surface area contributed by atoms with Gasteiger partial charge in [-0.25, -0.2) is 4.98 Å². The molecule has 1 fully saturated rings. The Kier molecular flexibility index (Phi) is 4.87. The summed E-state index contributed by atoms with van der Waals surface area (Å²) >= 11 is 0. The number of hydrogen-bond acceptors (Lipinski definition) is 5. The van der Waals surface area contributed by atoms with Crippen LogP contribution in [0, 0.1) is 0 Å². The van der Waals surface area contributed by atoms with Crippen LogP contribution in [0.25, 0.3) is 0 Å². The molecule has 3 rings (SSSR count). The van der Waals surface area contributed by atoms with Gasteiger partial charge in [-0.05, 0) is 30.7 Å². The largest absolute Gasteiger partial charge is 0.378 e. The number of pyridine rings is 1. The number of anilines is 1. The van der Waals surface area contributed by atoms with Crippen LogP contribution in [0.15, 0.2) is 36.8 Å². The lowest BCUT2D eigenvalue weighted by Gasteiger charge is -2.28. The summed E-state index contributed by atoms with van der Waals surface area (Å²) < 4.78 is 7.00. The zero-order chi connectivity index (χ0) is 16.1. The van der Waals surface area contributed by atoms with Gasteiger partial charge in [-0.3, -0.25) is 9.48 Å². The van der Waals surface area contributed by atoms with E-state index in [1.54, 1.807) is 29.3 Å². The van der Waals surface area contributed by atoms with Crippen LogP contribution in [-0.2, 0) is 16.1 Å². The zero-order valence-electron chi connectivity index (χ0n) is 13.2. The maximum Gasteiger partial charge on any atom is 0.244 e. The van der Waals surface area contributed by atoms with E-state index in [0.29, 0.717) is 6.54 Å². The van der Waals surface area contributed by atoms with E-state index in [1.807, 2.05) is 19.1 Å². The van der Waals surface area contributed by atoms with Gasteiger partial charge in [0.05, 0.1) is 13.2 Å². The summed E-state index contributed by atoms with van der Waals surface area (Å²) in [5.41, 5.74) is 1.03. The van der Waals surface area contributed by atoms with Crippen molar-refractivity contribution in [2.75, 3.05) is 31.2 Å². The minimum Gasteiger partial charge on any atom is -0.378 e. The fraction of sp³-hybridized carbons (Fsp3) is 0.438. The molecule has 23 heavy (non-hydrogen) atoms. The van der Waals surface area contributed by atoms with Crippen molar-refractivity contribution in [2.24, 2.45) is 0 Å². The molecule has 2 aromatic rings. The summed E-state index contributed by atoms with van der Waals surface area (Å²) in [5.74, 6) is 0.874. The predicted molar refractivity (Wildman–Crippen MR) is 86.1 cm³/mol. The number of nitrogens with one attached hydrogen (secondary N) is 1. The van der Waals surface area contributed by atoms with Gasteiger partial charge in [-0.2, -0.15) is 5.10 Å². The molecule has 0 bridgehead atoms. The third-order valence-electron chi connectivity index (χ3n) is 3.91. The first-order valence-electron chi connectivity index (χ1n) is 7.78. The fourth-order valence-electron chi connectivity index (χ4n) is 2.50. The normalized spacial score (nSPS) is 16.1. The number of carbonyl (C=O) groups is 1. The Morgan fingerprint density at radius 3 is 2.96 bits per heavy atom. The Labute approximate surface area is 135 Å². The van der Waals surface area contributed by atoms with Crippen molar-refractivity contribution in [2.45, 2.75) is 19.5 Å². The van der Waals surface area contributed by atoms with E-state index in [9.17, 15) is 4.79 Å². The number of ether oxygens (including phenoxy) is 1. The monoisotopic (exact) mass is 315 g/mol. The average molecular weight is 315 g/mol. The second-order valence-electron chi connectivity index (χ2n) is 5.50. The van der Waals surface area contributed by atoms with Gasteiger partial charge in [0, 0.05) is 38.2 Å². The molecule has 1 aliphatic rings. The van der Waals surface area contributed by atoms with Gasteiger partial charge < -0.3 is 15.0 Å². The highest BCUT2D eigenvalue weighted by Crippen LogP contribution is 2.14. The van der Waals surface area contributed by atoms with Gasteiger partial charge in [0.25, 0.3) is 0 Å². The minimum absolute atomic E-state index is 0.0570. The van der Waals surface area contributed by atoms with Crippen LogP contribution in [0.5, 0.6) is 0 Å². The van der Waals surface area contributed by atoms with E-state index < -0.39 is 0 Å². The van der Waals surface area contributed by atoms with Gasteiger partial charge >= 0.3 is 0 Å². The fourth-order valence-corrected chi connectivity index (χ4v) is 2.50. The molecule has 1 aliphatic heterocycles. The molecule has 0 aliphatic carbocycles. The van der Waals surface area contributed by atoms with Crippen LogP contribution in [0.2, 0.25) is 0 Å². The maximum atomic E-state index is 12.2. The third kappa shape index (κ3) is 3.87. The van der Waals surface area contributed by atoms with Crippen LogP contribution >= 0.6 is 0 Å². The molecule has 1 saturated heterocycles. The van der Waals surface area contributed by atoms with Gasteiger partial charge in [-0.15, -0.1) is 0 Å². The van der Waals surface area contributed by atoms with E-state index in [0.717, 1.165) is 37.7 Å². The van der Waals surface area contributed by atoms with Crippen molar-refractivity contribution >= 4 is 11.7 Å². The number of hydrogen-bond donors (Lipinski definition) is 1. The van der Waals surface area contributed by atoms with Crippen molar-refractivity contribution in [1.29, 1.82) is 0 Å². The smallest absolute Gasteiger partial charge is 0.244 e. The summed E-state index contributed by atoms with van der Waals surface area (Å²) in [6.45, 7) is 5.45. The van der Waals surface area contributed by atoms with Crippen LogP contribution in [0.3, 0.4) is 0 Å². The Balaban J connectivity index is 1.58. The lowest BCUT2D eigenvalue weighted by Crippen LogP contribution is -2.36. The van der Waals surface area contributed by atoms with Crippen molar-refractivity contribution in [3.63, 3.8) is 0 Å². The molecule has 0 spiro atoms. The van der Waals surface area contributed by atoms with E-state index in [4.69, 9.17) is 4.74 Å². The Morgan fingerprint density at radius 2 is 2.22 bits per heavy atom. The first-order valence-corrected chi connectivity index (χ1v) is 7.78. The highest BCUT2D eigenvalue weighted by molar-refractivity contribution is 5.79. The summed E-state index contributed by atoms with van der Waals surface area (Å²) in [5, 5.41) is 7.04. The highest BCUT2D eigenvalue weighted by atomic mass is 16.5. The lowest BCUT2D eigenvalue weighted by atomic mass is 10.2. The Morgan fingerprint density at radius 1 is 1.39 bits per heavy atom. The van der Waals surface area contributed by atoms with Gasteiger partial charge in [0.2, 0.25) is 5.91 Å². The van der Waals surface area contributed by atoms with Crippen LogP contribution in [0.1, 0.15) is 18.5 Å². The molecule has 0 radical (unpaired) electrons.